The monoisotopic (exact) mass is 413 g/mol. The lowest BCUT2D eigenvalue weighted by atomic mass is 10.0. The summed E-state index contributed by atoms with van der Waals surface area (Å²) in [5, 5.41) is 2.66. The number of imide groups is 1. The minimum atomic E-state index is -0.339. The lowest BCUT2D eigenvalue weighted by Crippen LogP contribution is -2.27. The van der Waals surface area contributed by atoms with Crippen LogP contribution in [0.15, 0.2) is 65.6 Å². The van der Waals surface area contributed by atoms with E-state index in [1.807, 2.05) is 42.5 Å². The predicted molar refractivity (Wildman–Crippen MR) is 112 cm³/mol. The number of fused-ring (bicyclic) bond motifs is 1. The first-order chi connectivity index (χ1) is 13.0. The van der Waals surface area contributed by atoms with Crippen LogP contribution in [0, 0.1) is 0 Å². The van der Waals surface area contributed by atoms with Crippen molar-refractivity contribution >= 4 is 63.0 Å². The molecule has 0 unspecified atom stereocenters. The van der Waals surface area contributed by atoms with Crippen LogP contribution < -0.4 is 0 Å². The fraction of sp³-hybridized carbons (Fsp3) is 0.0476. The van der Waals surface area contributed by atoms with E-state index >= 15 is 0 Å². The Balaban J connectivity index is 1.67. The molecule has 0 spiro atoms. The SMILES string of the molecule is O=C1S/C(=C/c2c(Cl)cccc2Cl)C(=O)N1Cc1cccc2ccccc12. The molecule has 0 N–H and O–H groups in total. The molecule has 2 amide bonds. The van der Waals surface area contributed by atoms with Gasteiger partial charge in [-0.2, -0.15) is 0 Å². The van der Waals surface area contributed by atoms with Gasteiger partial charge >= 0.3 is 0 Å². The van der Waals surface area contributed by atoms with Crippen LogP contribution in [0.2, 0.25) is 10.0 Å². The van der Waals surface area contributed by atoms with Gasteiger partial charge in [0.25, 0.3) is 11.1 Å². The molecule has 134 valence electrons. The molecule has 1 fully saturated rings. The van der Waals surface area contributed by atoms with Crippen LogP contribution >= 0.6 is 35.0 Å². The second-order valence-electron chi connectivity index (χ2n) is 6.04. The van der Waals surface area contributed by atoms with E-state index in [0.29, 0.717) is 20.5 Å². The quantitative estimate of drug-likeness (QED) is 0.467. The lowest BCUT2D eigenvalue weighted by Gasteiger charge is -2.14. The predicted octanol–water partition coefficient (Wildman–Crippen LogP) is 6.38. The van der Waals surface area contributed by atoms with Crippen LogP contribution in [0.5, 0.6) is 0 Å². The van der Waals surface area contributed by atoms with Crippen LogP contribution in [0.25, 0.3) is 16.8 Å². The number of nitrogens with zero attached hydrogens (tertiary/aromatic N) is 1. The number of halogens is 2. The highest BCUT2D eigenvalue weighted by Crippen LogP contribution is 2.36. The summed E-state index contributed by atoms with van der Waals surface area (Å²) in [6.45, 7) is 0.222. The maximum Gasteiger partial charge on any atom is 0.293 e. The van der Waals surface area contributed by atoms with Gasteiger partial charge < -0.3 is 0 Å². The lowest BCUT2D eigenvalue weighted by molar-refractivity contribution is -0.123. The number of benzene rings is 3. The van der Waals surface area contributed by atoms with Gasteiger partial charge in [0.05, 0.1) is 11.4 Å². The van der Waals surface area contributed by atoms with Gasteiger partial charge in [-0.25, -0.2) is 0 Å². The first kappa shape index (κ1) is 18.1. The van der Waals surface area contributed by atoms with E-state index in [2.05, 4.69) is 0 Å². The third kappa shape index (κ3) is 3.48. The highest BCUT2D eigenvalue weighted by Gasteiger charge is 2.35. The van der Waals surface area contributed by atoms with E-state index < -0.39 is 0 Å². The van der Waals surface area contributed by atoms with Crippen LogP contribution in [0.1, 0.15) is 11.1 Å². The van der Waals surface area contributed by atoms with Crippen molar-refractivity contribution < 1.29 is 9.59 Å². The van der Waals surface area contributed by atoms with E-state index in [-0.39, 0.29) is 17.7 Å². The van der Waals surface area contributed by atoms with Crippen LogP contribution in [-0.2, 0) is 11.3 Å². The summed E-state index contributed by atoms with van der Waals surface area (Å²) in [5.74, 6) is -0.339. The molecule has 0 aliphatic carbocycles. The Morgan fingerprint density at radius 3 is 2.33 bits per heavy atom. The van der Waals surface area contributed by atoms with Gasteiger partial charge in [-0.3, -0.25) is 14.5 Å². The molecular weight excluding hydrogens is 401 g/mol. The molecule has 1 heterocycles. The fourth-order valence-corrected chi connectivity index (χ4v) is 4.34. The molecule has 0 radical (unpaired) electrons. The second-order valence-corrected chi connectivity index (χ2v) is 7.85. The molecule has 3 nitrogen and oxygen atoms in total. The fourth-order valence-electron chi connectivity index (χ4n) is 3.02. The molecule has 0 bridgehead atoms. The van der Waals surface area contributed by atoms with Gasteiger partial charge in [-0.05, 0) is 46.3 Å². The molecule has 0 aromatic heterocycles. The average Bonchev–Trinajstić information content (AvgIpc) is 2.92. The van der Waals surface area contributed by atoms with Crippen molar-refractivity contribution in [3.05, 3.63) is 86.7 Å². The van der Waals surface area contributed by atoms with Crippen molar-refractivity contribution in [2.75, 3.05) is 0 Å². The number of carbonyl (C=O) groups is 2. The minimum absolute atomic E-state index is 0.222. The summed E-state index contributed by atoms with van der Waals surface area (Å²) in [6, 6.07) is 18.9. The molecule has 3 aromatic carbocycles. The van der Waals surface area contributed by atoms with Crippen LogP contribution in [0.3, 0.4) is 0 Å². The number of amides is 2. The number of carbonyl (C=O) groups excluding carboxylic acids is 2. The largest absolute Gasteiger partial charge is 0.293 e. The Hall–Kier alpha value is -2.27. The summed E-state index contributed by atoms with van der Waals surface area (Å²) >= 11 is 13.3. The Morgan fingerprint density at radius 2 is 1.56 bits per heavy atom. The number of hydrogen-bond acceptors (Lipinski definition) is 3. The van der Waals surface area contributed by atoms with E-state index in [4.69, 9.17) is 23.2 Å². The third-order valence-electron chi connectivity index (χ3n) is 4.36. The van der Waals surface area contributed by atoms with Crippen molar-refractivity contribution in [2.24, 2.45) is 0 Å². The molecule has 1 saturated heterocycles. The van der Waals surface area contributed by atoms with E-state index in [1.165, 1.54) is 4.90 Å². The maximum atomic E-state index is 12.8. The van der Waals surface area contributed by atoms with Crippen molar-refractivity contribution in [3.63, 3.8) is 0 Å². The summed E-state index contributed by atoms with van der Waals surface area (Å²) in [4.78, 5) is 26.8. The molecular formula is C21H13Cl2NO2S. The maximum absolute atomic E-state index is 12.8. The molecule has 6 heteroatoms. The first-order valence-corrected chi connectivity index (χ1v) is 9.78. The zero-order chi connectivity index (χ0) is 19.0. The molecule has 3 aromatic rings. The van der Waals surface area contributed by atoms with Gasteiger partial charge in [0, 0.05) is 15.6 Å². The third-order valence-corrected chi connectivity index (χ3v) is 5.92. The number of thioether (sulfide) groups is 1. The Labute approximate surface area is 170 Å². The van der Waals surface area contributed by atoms with Crippen molar-refractivity contribution in [1.82, 2.24) is 4.90 Å². The molecule has 0 saturated carbocycles. The van der Waals surface area contributed by atoms with Crippen molar-refractivity contribution in [1.29, 1.82) is 0 Å². The Bertz CT molecular complexity index is 1080. The van der Waals surface area contributed by atoms with Gasteiger partial charge in [-0.1, -0.05) is 71.7 Å². The standard InChI is InChI=1S/C21H13Cl2NO2S/c22-17-9-4-10-18(23)16(17)11-19-20(25)24(21(26)27-19)12-14-7-3-6-13-5-1-2-8-15(13)14/h1-11H,12H2/b19-11+. The minimum Gasteiger partial charge on any atom is -0.268 e. The number of hydrogen-bond donors (Lipinski definition) is 0. The number of rotatable bonds is 3. The van der Waals surface area contributed by atoms with E-state index in [0.717, 1.165) is 28.1 Å². The highest BCUT2D eigenvalue weighted by atomic mass is 35.5. The Morgan fingerprint density at radius 1 is 0.889 bits per heavy atom. The Kier molecular flexibility index (Phi) is 4.96. The highest BCUT2D eigenvalue weighted by molar-refractivity contribution is 8.18. The van der Waals surface area contributed by atoms with Crippen molar-refractivity contribution in [3.8, 4) is 0 Å². The van der Waals surface area contributed by atoms with Gasteiger partial charge in [-0.15, -0.1) is 0 Å². The summed E-state index contributed by atoms with van der Waals surface area (Å²) in [7, 11) is 0. The molecule has 4 rings (SSSR count). The van der Waals surface area contributed by atoms with Gasteiger partial charge in [0.2, 0.25) is 0 Å². The van der Waals surface area contributed by atoms with Crippen molar-refractivity contribution in [2.45, 2.75) is 6.54 Å². The average molecular weight is 414 g/mol. The normalized spacial score (nSPS) is 15.9. The molecule has 1 aliphatic rings. The second kappa shape index (κ2) is 7.39. The summed E-state index contributed by atoms with van der Waals surface area (Å²) in [6.07, 6.45) is 1.58. The zero-order valence-corrected chi connectivity index (χ0v) is 16.3. The molecule has 1 aliphatic heterocycles. The zero-order valence-electron chi connectivity index (χ0n) is 14.0. The van der Waals surface area contributed by atoms with Crippen LogP contribution in [-0.4, -0.2) is 16.0 Å². The summed E-state index contributed by atoms with van der Waals surface area (Å²) in [5.41, 5.74) is 1.46. The van der Waals surface area contributed by atoms with E-state index in [1.54, 1.807) is 24.3 Å². The van der Waals surface area contributed by atoms with Gasteiger partial charge in [0.15, 0.2) is 0 Å². The first-order valence-electron chi connectivity index (χ1n) is 8.20. The molecule has 0 atom stereocenters. The topological polar surface area (TPSA) is 37.4 Å². The summed E-state index contributed by atoms with van der Waals surface area (Å²) < 4.78 is 0. The van der Waals surface area contributed by atoms with Gasteiger partial charge in [0.1, 0.15) is 0 Å². The molecule has 27 heavy (non-hydrogen) atoms. The van der Waals surface area contributed by atoms with Crippen LogP contribution in [0.4, 0.5) is 4.79 Å². The van der Waals surface area contributed by atoms with E-state index in [9.17, 15) is 9.59 Å². The smallest absolute Gasteiger partial charge is 0.268 e.